The molecule has 0 saturated carbocycles. The summed E-state index contributed by atoms with van der Waals surface area (Å²) < 4.78 is 35.8. The van der Waals surface area contributed by atoms with E-state index in [0.29, 0.717) is 37.6 Å². The van der Waals surface area contributed by atoms with Crippen LogP contribution >= 0.6 is 0 Å². The van der Waals surface area contributed by atoms with Gasteiger partial charge in [0, 0.05) is 38.8 Å². The molecule has 32 heavy (non-hydrogen) atoms. The van der Waals surface area contributed by atoms with Crippen LogP contribution in [-0.2, 0) is 33.1 Å². The highest BCUT2D eigenvalue weighted by Crippen LogP contribution is 2.24. The van der Waals surface area contributed by atoms with Crippen LogP contribution in [0, 0.1) is 6.92 Å². The quantitative estimate of drug-likeness (QED) is 0.606. The van der Waals surface area contributed by atoms with Crippen LogP contribution < -0.4 is 11.0 Å². The maximum absolute atomic E-state index is 13.0. The molecular formula is C22H26N4O5S. The highest BCUT2D eigenvalue weighted by atomic mass is 32.2. The third-order valence-corrected chi connectivity index (χ3v) is 7.71. The number of para-hydroxylation sites is 2. The van der Waals surface area contributed by atoms with Gasteiger partial charge in [0.25, 0.3) is 0 Å². The number of imidazole rings is 1. The van der Waals surface area contributed by atoms with Gasteiger partial charge in [-0.3, -0.25) is 13.9 Å². The molecule has 10 heteroatoms. The van der Waals surface area contributed by atoms with E-state index in [1.165, 1.54) is 10.4 Å². The average Bonchev–Trinajstić information content (AvgIpc) is 3.04. The molecule has 3 aromatic rings. The fraction of sp³-hybridized carbons (Fsp3) is 0.364. The fourth-order valence-corrected chi connectivity index (χ4v) is 5.56. The number of anilines is 1. The van der Waals surface area contributed by atoms with Crippen molar-refractivity contribution in [1.29, 1.82) is 0 Å². The first kappa shape index (κ1) is 22.3. The largest absolute Gasteiger partial charge is 0.379 e. The molecule has 1 amide bonds. The van der Waals surface area contributed by atoms with Gasteiger partial charge >= 0.3 is 5.69 Å². The minimum Gasteiger partial charge on any atom is -0.379 e. The Kier molecular flexibility index (Phi) is 6.18. The number of nitrogens with one attached hydrogen (secondary N) is 1. The highest BCUT2D eigenvalue weighted by Gasteiger charge is 2.28. The van der Waals surface area contributed by atoms with Crippen molar-refractivity contribution in [3.63, 3.8) is 0 Å². The Morgan fingerprint density at radius 1 is 1.09 bits per heavy atom. The SMILES string of the molecule is Cc1ccc(NC(=O)CCn2c(=O)n(C)c3ccccc32)cc1S(=O)(=O)N1CCOCC1. The summed E-state index contributed by atoms with van der Waals surface area (Å²) in [5, 5.41) is 2.76. The first-order valence-corrected chi connectivity index (χ1v) is 11.9. The van der Waals surface area contributed by atoms with Crippen molar-refractivity contribution in [1.82, 2.24) is 13.4 Å². The van der Waals surface area contributed by atoms with Crippen molar-refractivity contribution in [2.75, 3.05) is 31.6 Å². The number of sulfonamides is 1. The van der Waals surface area contributed by atoms with Gasteiger partial charge in [-0.05, 0) is 36.8 Å². The van der Waals surface area contributed by atoms with Crippen LogP contribution in [0.3, 0.4) is 0 Å². The zero-order valence-electron chi connectivity index (χ0n) is 18.1. The smallest absolute Gasteiger partial charge is 0.328 e. The lowest BCUT2D eigenvalue weighted by Gasteiger charge is -2.26. The van der Waals surface area contributed by atoms with Crippen molar-refractivity contribution in [2.45, 2.75) is 24.8 Å². The molecule has 9 nitrogen and oxygen atoms in total. The van der Waals surface area contributed by atoms with E-state index in [9.17, 15) is 18.0 Å². The Morgan fingerprint density at radius 2 is 1.78 bits per heavy atom. The van der Waals surface area contributed by atoms with Gasteiger partial charge in [-0.15, -0.1) is 0 Å². The zero-order chi connectivity index (χ0) is 22.9. The average molecular weight is 459 g/mol. The second kappa shape index (κ2) is 8.89. The highest BCUT2D eigenvalue weighted by molar-refractivity contribution is 7.89. The van der Waals surface area contributed by atoms with Crippen molar-refractivity contribution in [3.05, 3.63) is 58.5 Å². The van der Waals surface area contributed by atoms with Gasteiger partial charge < -0.3 is 10.1 Å². The van der Waals surface area contributed by atoms with E-state index in [0.717, 1.165) is 11.0 Å². The van der Waals surface area contributed by atoms with Crippen LogP contribution in [0.1, 0.15) is 12.0 Å². The number of ether oxygens (including phenoxy) is 1. The molecule has 0 bridgehead atoms. The van der Waals surface area contributed by atoms with Gasteiger partial charge in [-0.1, -0.05) is 18.2 Å². The van der Waals surface area contributed by atoms with Gasteiger partial charge in [-0.25, -0.2) is 13.2 Å². The lowest BCUT2D eigenvalue weighted by Crippen LogP contribution is -2.40. The number of hydrogen-bond acceptors (Lipinski definition) is 5. The topological polar surface area (TPSA) is 103 Å². The number of rotatable bonds is 6. The first-order valence-electron chi connectivity index (χ1n) is 10.4. The maximum Gasteiger partial charge on any atom is 0.328 e. The van der Waals surface area contributed by atoms with Gasteiger partial charge in [0.15, 0.2) is 0 Å². The molecule has 1 fully saturated rings. The number of hydrogen-bond donors (Lipinski definition) is 1. The van der Waals surface area contributed by atoms with Crippen LogP contribution in [0.4, 0.5) is 5.69 Å². The fourth-order valence-electron chi connectivity index (χ4n) is 3.90. The van der Waals surface area contributed by atoms with Gasteiger partial charge in [0.05, 0.1) is 29.1 Å². The molecule has 0 unspecified atom stereocenters. The molecule has 170 valence electrons. The monoisotopic (exact) mass is 458 g/mol. The first-order chi connectivity index (χ1) is 15.3. The summed E-state index contributed by atoms with van der Waals surface area (Å²) in [4.78, 5) is 25.3. The summed E-state index contributed by atoms with van der Waals surface area (Å²) in [5.41, 5.74) is 2.39. The lowest BCUT2D eigenvalue weighted by molar-refractivity contribution is -0.116. The van der Waals surface area contributed by atoms with Crippen LogP contribution in [0.25, 0.3) is 11.0 Å². The molecule has 1 aromatic heterocycles. The Morgan fingerprint density at radius 3 is 2.50 bits per heavy atom. The Hall–Kier alpha value is -2.95. The Labute approximate surface area is 186 Å². The predicted molar refractivity (Wildman–Crippen MR) is 121 cm³/mol. The van der Waals surface area contributed by atoms with Crippen molar-refractivity contribution >= 4 is 32.7 Å². The van der Waals surface area contributed by atoms with Gasteiger partial charge in [-0.2, -0.15) is 4.31 Å². The number of carbonyl (C=O) groups excluding carboxylic acids is 1. The summed E-state index contributed by atoms with van der Waals surface area (Å²) >= 11 is 0. The predicted octanol–water partition coefficient (Wildman–Crippen LogP) is 1.70. The van der Waals surface area contributed by atoms with E-state index in [1.807, 2.05) is 24.3 Å². The van der Waals surface area contributed by atoms with Crippen molar-refractivity contribution in [3.8, 4) is 0 Å². The van der Waals surface area contributed by atoms with Crippen molar-refractivity contribution in [2.24, 2.45) is 7.05 Å². The molecule has 1 saturated heterocycles. The molecule has 2 aromatic carbocycles. The summed E-state index contributed by atoms with van der Waals surface area (Å²) in [6, 6.07) is 12.3. The van der Waals surface area contributed by atoms with E-state index in [-0.39, 0.29) is 29.5 Å². The van der Waals surface area contributed by atoms with Crippen LogP contribution in [0.15, 0.2) is 52.2 Å². The standard InChI is InChI=1S/C22H26N4O5S/c1-16-7-8-17(15-20(16)32(29,30)25-11-13-31-14-12-25)23-21(27)9-10-26-19-6-4-3-5-18(19)24(2)22(26)28/h3-8,15H,9-14H2,1-2H3,(H,23,27). The minimum atomic E-state index is -3.68. The van der Waals surface area contributed by atoms with E-state index in [1.54, 1.807) is 35.2 Å². The third-order valence-electron chi connectivity index (χ3n) is 5.67. The summed E-state index contributed by atoms with van der Waals surface area (Å²) in [5.74, 6) is -0.302. The third kappa shape index (κ3) is 4.21. The molecule has 2 heterocycles. The summed E-state index contributed by atoms with van der Waals surface area (Å²) in [6.45, 7) is 3.28. The number of nitrogens with zero attached hydrogens (tertiary/aromatic N) is 3. The maximum atomic E-state index is 13.0. The van der Waals surface area contributed by atoms with Crippen molar-refractivity contribution < 1.29 is 17.9 Å². The van der Waals surface area contributed by atoms with Crippen LogP contribution in [0.2, 0.25) is 0 Å². The molecule has 0 spiro atoms. The number of aryl methyl sites for hydroxylation is 3. The molecule has 1 aliphatic rings. The van der Waals surface area contributed by atoms with E-state index in [4.69, 9.17) is 4.74 Å². The second-order valence-corrected chi connectivity index (χ2v) is 9.68. The molecule has 1 aliphatic heterocycles. The van der Waals surface area contributed by atoms with E-state index < -0.39 is 10.0 Å². The summed E-state index contributed by atoms with van der Waals surface area (Å²) in [6.07, 6.45) is 0.0767. The lowest BCUT2D eigenvalue weighted by atomic mass is 10.2. The van der Waals surface area contributed by atoms with Crippen LogP contribution in [0.5, 0.6) is 0 Å². The number of aromatic nitrogens is 2. The number of morpholine rings is 1. The molecule has 4 rings (SSSR count). The van der Waals surface area contributed by atoms with Gasteiger partial charge in [0.2, 0.25) is 15.9 Å². The molecule has 0 radical (unpaired) electrons. The second-order valence-electron chi connectivity index (χ2n) is 7.78. The van der Waals surface area contributed by atoms with E-state index in [2.05, 4.69) is 5.32 Å². The molecule has 0 atom stereocenters. The zero-order valence-corrected chi connectivity index (χ0v) is 18.9. The molecule has 0 aliphatic carbocycles. The Balaban J connectivity index is 1.49. The minimum absolute atomic E-state index is 0.0767. The molecule has 1 N–H and O–H groups in total. The van der Waals surface area contributed by atoms with Crippen LogP contribution in [-0.4, -0.2) is 54.1 Å². The summed E-state index contributed by atoms with van der Waals surface area (Å²) in [7, 11) is -1.98. The number of carbonyl (C=O) groups is 1. The van der Waals surface area contributed by atoms with Gasteiger partial charge in [0.1, 0.15) is 0 Å². The van der Waals surface area contributed by atoms with E-state index >= 15 is 0 Å². The molecular weight excluding hydrogens is 432 g/mol. The Bertz CT molecular complexity index is 1320. The number of amides is 1. The normalized spacial score (nSPS) is 15.2. The number of fused-ring (bicyclic) bond motifs is 1. The number of benzene rings is 2.